The van der Waals surface area contributed by atoms with E-state index in [0.717, 1.165) is 39.2 Å². The highest BCUT2D eigenvalue weighted by molar-refractivity contribution is 7.80. The van der Waals surface area contributed by atoms with Crippen molar-refractivity contribution in [2.24, 2.45) is 5.10 Å². The first kappa shape index (κ1) is 22.7. The van der Waals surface area contributed by atoms with Crippen LogP contribution in [0.2, 0.25) is 0 Å². The molecule has 1 unspecified atom stereocenters. The molecular weight excluding hydrogens is 458 g/mol. The Morgan fingerprint density at radius 1 is 0.943 bits per heavy atom. The summed E-state index contributed by atoms with van der Waals surface area (Å²) in [5.41, 5.74) is 3.31. The molecule has 1 aliphatic heterocycles. The van der Waals surface area contributed by atoms with Gasteiger partial charge in [-0.1, -0.05) is 42.5 Å². The zero-order valence-corrected chi connectivity index (χ0v) is 20.3. The lowest BCUT2D eigenvalue weighted by molar-refractivity contribution is 0.371. The molecule has 5 rings (SSSR count). The van der Waals surface area contributed by atoms with Crippen LogP contribution in [-0.2, 0) is 0 Å². The summed E-state index contributed by atoms with van der Waals surface area (Å²) in [6.07, 6.45) is 0.573. The monoisotopic (exact) mass is 483 g/mol. The van der Waals surface area contributed by atoms with E-state index in [2.05, 4.69) is 5.32 Å². The van der Waals surface area contributed by atoms with Gasteiger partial charge in [-0.25, -0.2) is 5.01 Å². The topological polar surface area (TPSA) is 66.3 Å². The third-order valence-electron chi connectivity index (χ3n) is 6.15. The number of anilines is 1. The first-order chi connectivity index (χ1) is 17.1. The van der Waals surface area contributed by atoms with Gasteiger partial charge in [-0.15, -0.1) is 0 Å². The molecule has 176 valence electrons. The zero-order valence-electron chi connectivity index (χ0n) is 19.4. The van der Waals surface area contributed by atoms with Crippen molar-refractivity contribution in [3.63, 3.8) is 0 Å². The molecule has 0 saturated heterocycles. The maximum Gasteiger partial charge on any atom is 0.194 e. The SMILES string of the molecule is COc1ccc(NC(=S)N2N=C(c3ccc4ccccc4c3O)CC2c2cccc(OC)c2)cc1. The first-order valence-corrected chi connectivity index (χ1v) is 11.6. The first-order valence-electron chi connectivity index (χ1n) is 11.2. The van der Waals surface area contributed by atoms with Gasteiger partial charge in [-0.05, 0) is 65.6 Å². The lowest BCUT2D eigenvalue weighted by Crippen LogP contribution is -2.31. The molecule has 0 radical (unpaired) electrons. The summed E-state index contributed by atoms with van der Waals surface area (Å²) in [7, 11) is 3.28. The molecular formula is C28H25N3O3S. The summed E-state index contributed by atoms with van der Waals surface area (Å²) in [4.78, 5) is 0. The van der Waals surface area contributed by atoms with Gasteiger partial charge < -0.3 is 19.9 Å². The summed E-state index contributed by atoms with van der Waals surface area (Å²) in [5, 5.41) is 23.3. The number of hydrogen-bond donors (Lipinski definition) is 2. The van der Waals surface area contributed by atoms with Gasteiger partial charge in [0.25, 0.3) is 0 Å². The largest absolute Gasteiger partial charge is 0.507 e. The van der Waals surface area contributed by atoms with Gasteiger partial charge in [0.1, 0.15) is 17.2 Å². The van der Waals surface area contributed by atoms with Crippen LogP contribution in [0.3, 0.4) is 0 Å². The number of thiocarbonyl (C=S) groups is 1. The van der Waals surface area contributed by atoms with Crippen LogP contribution in [0.4, 0.5) is 5.69 Å². The van der Waals surface area contributed by atoms with E-state index in [1.807, 2.05) is 84.9 Å². The number of hydrogen-bond acceptors (Lipinski definition) is 5. The second-order valence-electron chi connectivity index (χ2n) is 8.23. The Morgan fingerprint density at radius 3 is 2.49 bits per heavy atom. The van der Waals surface area contributed by atoms with Crippen LogP contribution in [0.1, 0.15) is 23.6 Å². The Kier molecular flexibility index (Phi) is 6.25. The summed E-state index contributed by atoms with van der Waals surface area (Å²) in [6.45, 7) is 0. The molecule has 1 atom stereocenters. The lowest BCUT2D eigenvalue weighted by atomic mass is 9.96. The third-order valence-corrected chi connectivity index (χ3v) is 6.44. The zero-order chi connectivity index (χ0) is 24.4. The molecule has 4 aromatic carbocycles. The highest BCUT2D eigenvalue weighted by Gasteiger charge is 2.33. The van der Waals surface area contributed by atoms with E-state index < -0.39 is 0 Å². The van der Waals surface area contributed by atoms with E-state index in [4.69, 9.17) is 26.8 Å². The predicted octanol–water partition coefficient (Wildman–Crippen LogP) is 6.11. The third kappa shape index (κ3) is 4.50. The maximum absolute atomic E-state index is 11.1. The Hall–Kier alpha value is -4.10. The number of phenols is 1. The van der Waals surface area contributed by atoms with E-state index >= 15 is 0 Å². The van der Waals surface area contributed by atoms with Gasteiger partial charge in [-0.3, -0.25) is 0 Å². The minimum absolute atomic E-state index is 0.163. The highest BCUT2D eigenvalue weighted by Crippen LogP contribution is 2.38. The van der Waals surface area contributed by atoms with Crippen molar-refractivity contribution in [3.05, 3.63) is 96.1 Å². The average Bonchev–Trinajstić information content (AvgIpc) is 3.35. The number of fused-ring (bicyclic) bond motifs is 1. The molecule has 1 aliphatic rings. The second-order valence-corrected chi connectivity index (χ2v) is 8.62. The van der Waals surface area contributed by atoms with Gasteiger partial charge >= 0.3 is 0 Å². The Morgan fingerprint density at radius 2 is 1.71 bits per heavy atom. The fourth-order valence-corrected chi connectivity index (χ4v) is 4.60. The van der Waals surface area contributed by atoms with Crippen LogP contribution >= 0.6 is 12.2 Å². The molecule has 6 nitrogen and oxygen atoms in total. The molecule has 0 saturated carbocycles. The summed E-state index contributed by atoms with van der Waals surface area (Å²) in [6, 6.07) is 27.0. The van der Waals surface area contributed by atoms with Gasteiger partial charge in [-0.2, -0.15) is 5.10 Å². The summed E-state index contributed by atoms with van der Waals surface area (Å²) in [5.74, 6) is 1.75. The minimum atomic E-state index is -0.163. The van der Waals surface area contributed by atoms with Crippen molar-refractivity contribution in [2.45, 2.75) is 12.5 Å². The fraction of sp³-hybridized carbons (Fsp3) is 0.143. The Bertz CT molecular complexity index is 1420. The van der Waals surface area contributed by atoms with Crippen molar-refractivity contribution in [2.75, 3.05) is 19.5 Å². The van der Waals surface area contributed by atoms with Crippen LogP contribution in [-0.4, -0.2) is 35.2 Å². The van der Waals surface area contributed by atoms with Gasteiger partial charge in [0, 0.05) is 23.1 Å². The van der Waals surface area contributed by atoms with Crippen molar-refractivity contribution < 1.29 is 14.6 Å². The van der Waals surface area contributed by atoms with Crippen molar-refractivity contribution in [3.8, 4) is 17.2 Å². The van der Waals surface area contributed by atoms with E-state index in [1.165, 1.54) is 0 Å². The number of benzene rings is 4. The number of nitrogens with zero attached hydrogens (tertiary/aromatic N) is 2. The van der Waals surface area contributed by atoms with Crippen molar-refractivity contribution in [1.29, 1.82) is 0 Å². The highest BCUT2D eigenvalue weighted by atomic mass is 32.1. The molecule has 2 N–H and O–H groups in total. The number of ether oxygens (including phenoxy) is 2. The fourth-order valence-electron chi connectivity index (χ4n) is 4.31. The van der Waals surface area contributed by atoms with Crippen LogP contribution in [0.25, 0.3) is 10.8 Å². The van der Waals surface area contributed by atoms with E-state index in [9.17, 15) is 5.11 Å². The number of phenolic OH excluding ortho intramolecular Hbond substituents is 1. The molecule has 0 aromatic heterocycles. The second kappa shape index (κ2) is 9.64. The Balaban J connectivity index is 1.52. The summed E-state index contributed by atoms with van der Waals surface area (Å²) >= 11 is 5.79. The standard InChI is InChI=1S/C28H25N3O3S/c1-33-21-13-11-20(12-14-21)29-28(35)31-26(19-7-5-8-22(16-19)34-2)17-25(30-31)24-15-10-18-6-3-4-9-23(18)27(24)32/h3-16,26,32H,17H2,1-2H3,(H,29,35). The van der Waals surface area contributed by atoms with Gasteiger partial charge in [0.05, 0.1) is 26.0 Å². The molecule has 0 bridgehead atoms. The van der Waals surface area contributed by atoms with E-state index in [-0.39, 0.29) is 11.8 Å². The molecule has 4 aromatic rings. The normalized spacial score (nSPS) is 15.1. The van der Waals surface area contributed by atoms with Crippen LogP contribution < -0.4 is 14.8 Å². The maximum atomic E-state index is 11.1. The molecule has 7 heteroatoms. The quantitative estimate of drug-likeness (QED) is 0.334. The van der Waals surface area contributed by atoms with Gasteiger partial charge in [0.15, 0.2) is 5.11 Å². The Labute approximate surface area is 209 Å². The molecule has 0 spiro atoms. The number of hydrazone groups is 1. The molecule has 0 amide bonds. The van der Waals surface area contributed by atoms with Gasteiger partial charge in [0.2, 0.25) is 0 Å². The number of aromatic hydroxyl groups is 1. The number of rotatable bonds is 5. The average molecular weight is 484 g/mol. The van der Waals surface area contributed by atoms with Crippen LogP contribution in [0, 0.1) is 0 Å². The molecule has 1 heterocycles. The van der Waals surface area contributed by atoms with E-state index in [0.29, 0.717) is 17.1 Å². The molecule has 35 heavy (non-hydrogen) atoms. The van der Waals surface area contributed by atoms with Crippen LogP contribution in [0.5, 0.6) is 17.2 Å². The molecule has 0 fully saturated rings. The van der Waals surface area contributed by atoms with E-state index in [1.54, 1.807) is 19.2 Å². The number of nitrogens with one attached hydrogen (secondary N) is 1. The van der Waals surface area contributed by atoms with Crippen molar-refractivity contribution in [1.82, 2.24) is 5.01 Å². The smallest absolute Gasteiger partial charge is 0.194 e. The van der Waals surface area contributed by atoms with Crippen LogP contribution in [0.15, 0.2) is 90.0 Å². The summed E-state index contributed by atoms with van der Waals surface area (Å²) < 4.78 is 10.7. The van der Waals surface area contributed by atoms with Crippen molar-refractivity contribution >= 4 is 39.5 Å². The lowest BCUT2D eigenvalue weighted by Gasteiger charge is -2.25. The minimum Gasteiger partial charge on any atom is -0.507 e. The predicted molar refractivity (Wildman–Crippen MR) is 144 cm³/mol. The molecule has 0 aliphatic carbocycles. The number of methoxy groups -OCH3 is 2.